The lowest BCUT2D eigenvalue weighted by Gasteiger charge is -2.48. The number of carbonyl (C=O) groups is 5. The largest absolute Gasteiger partial charge is 0.481 e. The Hall–Kier alpha value is -4.77. The SMILES string of the molecule is Nc1c(Cl)cc(C[C@@H](OC(=O)N2CCC(N3CCc4ccccc4NC3=O)CC2)C(=O)N2CCC(C(=O)O)(N3CCC(C(=O)O)CC3)CC2)cc1C(F)(F)F. The van der Waals surface area contributed by atoms with E-state index in [2.05, 4.69) is 5.32 Å². The van der Waals surface area contributed by atoms with Crippen molar-refractivity contribution < 1.29 is 52.1 Å². The number of likely N-dealkylation sites (tertiary alicyclic amines) is 3. The maximum atomic E-state index is 14.1. The Morgan fingerprint density at radius 2 is 1.60 bits per heavy atom. The molecule has 0 spiro atoms. The zero-order valence-corrected chi connectivity index (χ0v) is 30.8. The van der Waals surface area contributed by atoms with Crippen LogP contribution in [0.5, 0.6) is 0 Å². The highest BCUT2D eigenvalue weighted by atomic mass is 35.5. The first-order chi connectivity index (χ1) is 26.1. The summed E-state index contributed by atoms with van der Waals surface area (Å²) in [6.07, 6.45) is -5.71. The molecule has 4 heterocycles. The predicted molar refractivity (Wildman–Crippen MR) is 193 cm³/mol. The molecule has 3 fully saturated rings. The van der Waals surface area contributed by atoms with E-state index < -0.39 is 65.3 Å². The molecule has 0 saturated carbocycles. The van der Waals surface area contributed by atoms with Gasteiger partial charge in [0, 0.05) is 64.0 Å². The monoisotopic (exact) mass is 792 g/mol. The summed E-state index contributed by atoms with van der Waals surface area (Å²) in [5.74, 6) is -3.32. The number of ether oxygens (including phenoxy) is 1. The Morgan fingerprint density at radius 3 is 2.22 bits per heavy atom. The maximum absolute atomic E-state index is 14.1. The van der Waals surface area contributed by atoms with E-state index in [4.69, 9.17) is 22.1 Å². The molecule has 0 bridgehead atoms. The number of rotatable bonds is 8. The molecule has 0 aliphatic carbocycles. The number of nitrogens with one attached hydrogen (secondary N) is 1. The van der Waals surface area contributed by atoms with Gasteiger partial charge in [-0.3, -0.25) is 19.3 Å². The van der Waals surface area contributed by atoms with Crippen molar-refractivity contribution in [1.29, 1.82) is 0 Å². The van der Waals surface area contributed by atoms with Crippen molar-refractivity contribution in [3.63, 3.8) is 0 Å². The lowest BCUT2D eigenvalue weighted by Crippen LogP contribution is -2.63. The van der Waals surface area contributed by atoms with Gasteiger partial charge in [0.1, 0.15) is 5.54 Å². The molecule has 4 amide bonds. The summed E-state index contributed by atoms with van der Waals surface area (Å²) in [5, 5.41) is 22.3. The minimum absolute atomic E-state index is 0.00106. The van der Waals surface area contributed by atoms with Gasteiger partial charge >= 0.3 is 30.2 Å². The van der Waals surface area contributed by atoms with Gasteiger partial charge in [0.05, 0.1) is 22.2 Å². The summed E-state index contributed by atoms with van der Waals surface area (Å²) in [6.45, 7) is 1.27. The number of carbonyl (C=O) groups excluding carboxylic acids is 3. The van der Waals surface area contributed by atoms with Crippen molar-refractivity contribution >= 4 is 52.9 Å². The first-order valence-corrected chi connectivity index (χ1v) is 18.7. The maximum Gasteiger partial charge on any atom is 0.418 e. The Bertz CT molecular complexity index is 1810. The van der Waals surface area contributed by atoms with Crippen LogP contribution in [-0.4, -0.2) is 123 Å². The molecule has 14 nitrogen and oxygen atoms in total. The van der Waals surface area contributed by atoms with Gasteiger partial charge in [0.25, 0.3) is 5.91 Å². The number of hydrogen-bond donors (Lipinski definition) is 4. The van der Waals surface area contributed by atoms with Crippen molar-refractivity contribution in [1.82, 2.24) is 19.6 Å². The van der Waals surface area contributed by atoms with Crippen LogP contribution in [0.4, 0.5) is 34.1 Å². The number of carboxylic acids is 2. The topological polar surface area (TPSA) is 186 Å². The molecule has 298 valence electrons. The van der Waals surface area contributed by atoms with Crippen LogP contribution in [0.1, 0.15) is 55.2 Å². The quantitative estimate of drug-likeness (QED) is 0.271. The highest BCUT2D eigenvalue weighted by Gasteiger charge is 2.49. The van der Waals surface area contributed by atoms with E-state index in [9.17, 15) is 47.4 Å². The summed E-state index contributed by atoms with van der Waals surface area (Å²) in [6, 6.07) is 9.08. The number of piperidine rings is 3. The number of amides is 4. The zero-order valence-electron chi connectivity index (χ0n) is 30.0. The molecule has 3 saturated heterocycles. The number of alkyl halides is 3. The lowest BCUT2D eigenvalue weighted by atomic mass is 9.82. The second kappa shape index (κ2) is 16.1. The van der Waals surface area contributed by atoms with Crippen LogP contribution >= 0.6 is 11.6 Å². The van der Waals surface area contributed by atoms with Gasteiger partial charge in [-0.05, 0) is 74.3 Å². The second-order valence-electron chi connectivity index (χ2n) is 14.6. The minimum Gasteiger partial charge on any atom is -0.481 e. The summed E-state index contributed by atoms with van der Waals surface area (Å²) < 4.78 is 47.4. The number of fused-ring (bicyclic) bond motifs is 1. The van der Waals surface area contributed by atoms with Crippen LogP contribution in [0.3, 0.4) is 0 Å². The fraction of sp³-hybridized carbons (Fsp3) is 0.541. The average Bonchev–Trinajstić information content (AvgIpc) is 3.33. The molecule has 55 heavy (non-hydrogen) atoms. The molecule has 2 aromatic rings. The van der Waals surface area contributed by atoms with Gasteiger partial charge in [-0.1, -0.05) is 29.8 Å². The molecule has 2 aromatic carbocycles. The molecule has 0 unspecified atom stereocenters. The van der Waals surface area contributed by atoms with Crippen molar-refractivity contribution in [2.45, 2.75) is 75.2 Å². The minimum atomic E-state index is -4.86. The third-order valence-electron chi connectivity index (χ3n) is 11.5. The molecule has 0 radical (unpaired) electrons. The van der Waals surface area contributed by atoms with E-state index in [0.29, 0.717) is 25.8 Å². The van der Waals surface area contributed by atoms with Crippen molar-refractivity contribution in [2.75, 3.05) is 56.9 Å². The Morgan fingerprint density at radius 1 is 0.945 bits per heavy atom. The smallest absolute Gasteiger partial charge is 0.418 e. The first-order valence-electron chi connectivity index (χ1n) is 18.3. The number of carboxylic acid groups (broad SMARTS) is 2. The molecular formula is C37H44ClF3N6O8. The van der Waals surface area contributed by atoms with Gasteiger partial charge in [-0.2, -0.15) is 13.2 Å². The fourth-order valence-electron chi connectivity index (χ4n) is 8.23. The summed E-state index contributed by atoms with van der Waals surface area (Å²) in [4.78, 5) is 71.2. The molecule has 18 heteroatoms. The number of aliphatic carboxylic acids is 2. The molecule has 4 aliphatic heterocycles. The number of urea groups is 1. The summed E-state index contributed by atoms with van der Waals surface area (Å²) >= 11 is 6.09. The highest BCUT2D eigenvalue weighted by molar-refractivity contribution is 6.33. The van der Waals surface area contributed by atoms with Crippen LogP contribution in [0.25, 0.3) is 0 Å². The van der Waals surface area contributed by atoms with Crippen molar-refractivity contribution in [3.05, 3.63) is 58.1 Å². The number of benzene rings is 2. The van der Waals surface area contributed by atoms with E-state index in [0.717, 1.165) is 17.3 Å². The number of nitrogens with two attached hydrogens (primary N) is 1. The average molecular weight is 793 g/mol. The predicted octanol–water partition coefficient (Wildman–Crippen LogP) is 4.79. The lowest BCUT2D eigenvalue weighted by molar-refractivity contribution is -0.161. The van der Waals surface area contributed by atoms with Gasteiger partial charge in [-0.25, -0.2) is 9.59 Å². The van der Waals surface area contributed by atoms with E-state index in [1.807, 2.05) is 24.3 Å². The van der Waals surface area contributed by atoms with E-state index in [1.54, 1.807) is 9.80 Å². The van der Waals surface area contributed by atoms with Gasteiger partial charge in [0.15, 0.2) is 6.10 Å². The van der Waals surface area contributed by atoms with Crippen LogP contribution in [-0.2, 0) is 38.1 Å². The summed E-state index contributed by atoms with van der Waals surface area (Å²) in [7, 11) is 0. The zero-order chi connectivity index (χ0) is 39.7. The highest BCUT2D eigenvalue weighted by Crippen LogP contribution is 2.39. The number of hydrogen-bond acceptors (Lipinski definition) is 8. The van der Waals surface area contributed by atoms with Crippen molar-refractivity contribution in [3.8, 4) is 0 Å². The van der Waals surface area contributed by atoms with Gasteiger partial charge < -0.3 is 40.7 Å². The molecule has 0 aromatic heterocycles. The third kappa shape index (κ3) is 8.57. The number of nitrogens with zero attached hydrogens (tertiary/aromatic N) is 4. The van der Waals surface area contributed by atoms with E-state index >= 15 is 0 Å². The van der Waals surface area contributed by atoms with Crippen molar-refractivity contribution in [2.24, 2.45) is 5.92 Å². The second-order valence-corrected chi connectivity index (χ2v) is 15.0. The molecule has 5 N–H and O–H groups in total. The van der Waals surface area contributed by atoms with Crippen LogP contribution < -0.4 is 11.1 Å². The first kappa shape index (κ1) is 39.9. The molecule has 6 rings (SSSR count). The standard InChI is InChI=1S/C37H44ClF3N6O8/c38-27-20-22(19-26(30(27)42)37(39,40)41)21-29(31(48)44-17-10-36(11-18-44,33(51)52)46-14-5-24(6-15-46)32(49)50)55-35(54)45-12-8-25(9-13-45)47-16-7-23-3-1-2-4-28(23)43-34(47)53/h1-4,19-20,24-25,29H,5-18,21,42H2,(H,43,53)(H,49,50)(H,51,52)/t29-/m1/s1. The summed E-state index contributed by atoms with van der Waals surface area (Å²) in [5.41, 5.74) is 4.11. The van der Waals surface area contributed by atoms with Crippen LogP contribution in [0, 0.1) is 5.92 Å². The van der Waals surface area contributed by atoms with Crippen LogP contribution in [0.15, 0.2) is 36.4 Å². The Balaban J connectivity index is 1.15. The van der Waals surface area contributed by atoms with Gasteiger partial charge in [0.2, 0.25) is 0 Å². The number of anilines is 2. The normalized spacial score (nSPS) is 20.6. The third-order valence-corrected chi connectivity index (χ3v) is 11.8. The number of halogens is 4. The molecular weight excluding hydrogens is 749 g/mol. The number of nitrogen functional groups attached to an aromatic ring is 1. The molecule has 1 atom stereocenters. The van der Waals surface area contributed by atoms with Crippen LogP contribution in [0.2, 0.25) is 5.02 Å². The van der Waals surface area contributed by atoms with E-state index in [-0.39, 0.29) is 87.6 Å². The fourth-order valence-corrected chi connectivity index (χ4v) is 8.48. The van der Waals surface area contributed by atoms with E-state index in [1.165, 1.54) is 15.9 Å². The number of para-hydroxylation sites is 1. The van der Waals surface area contributed by atoms with Gasteiger partial charge in [-0.15, -0.1) is 0 Å². The Labute approximate surface area is 320 Å². The molecule has 4 aliphatic rings. The Kier molecular flexibility index (Phi) is 11.7.